The molecule has 30 heavy (non-hydrogen) atoms. The predicted octanol–water partition coefficient (Wildman–Crippen LogP) is 4.48. The van der Waals surface area contributed by atoms with Gasteiger partial charge in [-0.05, 0) is 54.7 Å². The lowest BCUT2D eigenvalue weighted by molar-refractivity contribution is 0.477. The largest absolute Gasteiger partial charge is 0.423 e. The van der Waals surface area contributed by atoms with Gasteiger partial charge in [0.05, 0.1) is 5.03 Å². The first-order valence-corrected chi connectivity index (χ1v) is 12.5. The maximum atomic E-state index is 12.6. The average Bonchev–Trinajstić information content (AvgIpc) is 3.28. The van der Waals surface area contributed by atoms with E-state index in [9.17, 15) is 13.2 Å². The highest BCUT2D eigenvalue weighted by molar-refractivity contribution is 7.98. The Kier molecular flexibility index (Phi) is 6.20. The zero-order valence-electron chi connectivity index (χ0n) is 16.4. The standard InChI is InChI=1S/C21H21ClN2O4S2/c1-2-14-9-19-17(11-18(14)22)15(10-21(25)28-19)13-29-20-6-5-16(12-23-20)30(26,27)24-7-3-4-8-24/h5-6,9-12H,2-4,7-8,13H2,1H3. The van der Waals surface area contributed by atoms with E-state index in [1.165, 1.54) is 28.3 Å². The van der Waals surface area contributed by atoms with Crippen LogP contribution in [0.2, 0.25) is 5.02 Å². The van der Waals surface area contributed by atoms with Crippen molar-refractivity contribution in [2.75, 3.05) is 13.1 Å². The number of fused-ring (bicyclic) bond motifs is 1. The van der Waals surface area contributed by atoms with E-state index in [4.69, 9.17) is 16.0 Å². The molecule has 1 fully saturated rings. The number of pyridine rings is 1. The van der Waals surface area contributed by atoms with Gasteiger partial charge in [0, 0.05) is 41.5 Å². The number of aromatic nitrogens is 1. The van der Waals surface area contributed by atoms with Crippen LogP contribution in [-0.4, -0.2) is 30.8 Å². The Morgan fingerprint density at radius 1 is 1.17 bits per heavy atom. The fraction of sp³-hybridized carbons (Fsp3) is 0.333. The number of hydrogen-bond donors (Lipinski definition) is 0. The van der Waals surface area contributed by atoms with Crippen molar-refractivity contribution < 1.29 is 12.8 Å². The van der Waals surface area contributed by atoms with Gasteiger partial charge in [-0.3, -0.25) is 0 Å². The van der Waals surface area contributed by atoms with Gasteiger partial charge in [-0.2, -0.15) is 4.31 Å². The van der Waals surface area contributed by atoms with Crippen molar-refractivity contribution in [2.45, 2.75) is 41.9 Å². The molecular formula is C21H21ClN2O4S2. The summed E-state index contributed by atoms with van der Waals surface area (Å²) >= 11 is 7.77. The molecule has 6 nitrogen and oxygen atoms in total. The molecule has 158 valence electrons. The van der Waals surface area contributed by atoms with E-state index < -0.39 is 15.6 Å². The molecule has 1 aliphatic heterocycles. The van der Waals surface area contributed by atoms with Gasteiger partial charge in [0.2, 0.25) is 10.0 Å². The highest BCUT2D eigenvalue weighted by Crippen LogP contribution is 2.30. The van der Waals surface area contributed by atoms with E-state index in [1.54, 1.807) is 12.1 Å². The van der Waals surface area contributed by atoms with E-state index in [2.05, 4.69) is 4.98 Å². The smallest absolute Gasteiger partial charge is 0.336 e. The lowest BCUT2D eigenvalue weighted by atomic mass is 10.1. The molecule has 0 N–H and O–H groups in total. The molecule has 1 aliphatic rings. The molecule has 0 bridgehead atoms. The first-order valence-electron chi connectivity index (χ1n) is 9.72. The Morgan fingerprint density at radius 3 is 2.60 bits per heavy atom. The molecule has 1 aromatic carbocycles. The van der Waals surface area contributed by atoms with Crippen LogP contribution in [0.25, 0.3) is 11.0 Å². The molecule has 0 saturated carbocycles. The van der Waals surface area contributed by atoms with Gasteiger partial charge < -0.3 is 4.42 Å². The van der Waals surface area contributed by atoms with E-state index in [0.717, 1.165) is 35.8 Å². The maximum absolute atomic E-state index is 12.6. The molecule has 0 unspecified atom stereocenters. The molecule has 4 rings (SSSR count). The van der Waals surface area contributed by atoms with Crippen molar-refractivity contribution in [3.8, 4) is 0 Å². The fourth-order valence-electron chi connectivity index (χ4n) is 3.51. The van der Waals surface area contributed by atoms with Crippen LogP contribution in [0.4, 0.5) is 0 Å². The zero-order valence-corrected chi connectivity index (χ0v) is 18.8. The summed E-state index contributed by atoms with van der Waals surface area (Å²) in [5.74, 6) is 0.481. The summed E-state index contributed by atoms with van der Waals surface area (Å²) in [7, 11) is -3.48. The topological polar surface area (TPSA) is 80.5 Å². The van der Waals surface area contributed by atoms with Crippen LogP contribution in [0.3, 0.4) is 0 Å². The number of benzene rings is 1. The van der Waals surface area contributed by atoms with Gasteiger partial charge in [0.15, 0.2) is 0 Å². The van der Waals surface area contributed by atoms with E-state index in [1.807, 2.05) is 19.1 Å². The molecule has 2 aromatic heterocycles. The summed E-state index contributed by atoms with van der Waals surface area (Å²) in [5.41, 5.74) is 1.82. The Labute approximate surface area is 184 Å². The third-order valence-corrected chi connectivity index (χ3v) is 8.39. The second-order valence-corrected chi connectivity index (χ2v) is 10.5. The van der Waals surface area contributed by atoms with Crippen LogP contribution < -0.4 is 5.63 Å². The van der Waals surface area contributed by atoms with Gasteiger partial charge in [-0.25, -0.2) is 18.2 Å². The molecular weight excluding hydrogens is 444 g/mol. The number of hydrogen-bond acceptors (Lipinski definition) is 6. The zero-order chi connectivity index (χ0) is 21.3. The third-order valence-electron chi connectivity index (χ3n) is 5.17. The van der Waals surface area contributed by atoms with Gasteiger partial charge >= 0.3 is 5.63 Å². The summed E-state index contributed by atoms with van der Waals surface area (Å²) in [6.07, 6.45) is 3.93. The highest BCUT2D eigenvalue weighted by Gasteiger charge is 2.27. The van der Waals surface area contributed by atoms with Crippen LogP contribution in [0, 0.1) is 0 Å². The lowest BCUT2D eigenvalue weighted by Gasteiger charge is -2.15. The van der Waals surface area contributed by atoms with Crippen LogP contribution in [0.1, 0.15) is 30.9 Å². The highest BCUT2D eigenvalue weighted by atomic mass is 35.5. The van der Waals surface area contributed by atoms with Gasteiger partial charge in [-0.15, -0.1) is 11.8 Å². The average molecular weight is 465 g/mol. The van der Waals surface area contributed by atoms with Gasteiger partial charge in [-0.1, -0.05) is 18.5 Å². The molecule has 0 aliphatic carbocycles. The monoisotopic (exact) mass is 464 g/mol. The summed E-state index contributed by atoms with van der Waals surface area (Å²) in [5, 5.41) is 2.10. The first-order chi connectivity index (χ1) is 14.4. The predicted molar refractivity (Wildman–Crippen MR) is 119 cm³/mol. The molecule has 0 radical (unpaired) electrons. The molecule has 3 aromatic rings. The number of sulfonamides is 1. The van der Waals surface area contributed by atoms with Crippen LogP contribution >= 0.6 is 23.4 Å². The molecule has 0 spiro atoms. The summed E-state index contributed by atoms with van der Waals surface area (Å²) in [6, 6.07) is 8.38. The number of aryl methyl sites for hydroxylation is 1. The summed E-state index contributed by atoms with van der Waals surface area (Å²) in [4.78, 5) is 16.5. The Hall–Kier alpha value is -1.87. The number of nitrogens with zero attached hydrogens (tertiary/aromatic N) is 2. The van der Waals surface area contributed by atoms with E-state index in [0.29, 0.717) is 34.5 Å². The Morgan fingerprint density at radius 2 is 1.93 bits per heavy atom. The van der Waals surface area contributed by atoms with Crippen molar-refractivity contribution in [1.29, 1.82) is 0 Å². The molecule has 3 heterocycles. The van der Waals surface area contributed by atoms with Crippen LogP contribution in [0.15, 0.2) is 55.7 Å². The van der Waals surface area contributed by atoms with Crippen molar-refractivity contribution in [3.63, 3.8) is 0 Å². The SMILES string of the molecule is CCc1cc2oc(=O)cc(CSc3ccc(S(=O)(=O)N4CCCC4)cn3)c2cc1Cl. The second-order valence-electron chi connectivity index (χ2n) is 7.12. The summed E-state index contributed by atoms with van der Waals surface area (Å²) in [6.45, 7) is 3.11. The second kappa shape index (κ2) is 8.70. The molecule has 1 saturated heterocycles. The van der Waals surface area contributed by atoms with E-state index in [-0.39, 0.29) is 4.90 Å². The van der Waals surface area contributed by atoms with Crippen LogP contribution in [0.5, 0.6) is 0 Å². The molecule has 0 amide bonds. The van der Waals surface area contributed by atoms with Crippen LogP contribution in [-0.2, 0) is 22.2 Å². The minimum atomic E-state index is -3.48. The van der Waals surface area contributed by atoms with Crippen molar-refractivity contribution in [3.05, 3.63) is 63.1 Å². The number of rotatable bonds is 6. The fourth-order valence-corrected chi connectivity index (χ4v) is 6.11. The minimum Gasteiger partial charge on any atom is -0.423 e. The Balaban J connectivity index is 1.56. The van der Waals surface area contributed by atoms with Crippen molar-refractivity contribution in [2.24, 2.45) is 0 Å². The third kappa shape index (κ3) is 4.27. The first kappa shape index (κ1) is 21.4. The van der Waals surface area contributed by atoms with Crippen molar-refractivity contribution in [1.82, 2.24) is 9.29 Å². The number of halogens is 1. The number of thioether (sulfide) groups is 1. The quantitative estimate of drug-likeness (QED) is 0.395. The molecule has 0 atom stereocenters. The van der Waals surface area contributed by atoms with Gasteiger partial charge in [0.25, 0.3) is 0 Å². The summed E-state index contributed by atoms with van der Waals surface area (Å²) < 4.78 is 32.1. The minimum absolute atomic E-state index is 0.207. The lowest BCUT2D eigenvalue weighted by Crippen LogP contribution is -2.27. The van der Waals surface area contributed by atoms with Crippen molar-refractivity contribution >= 4 is 44.4 Å². The normalized spacial score (nSPS) is 15.1. The maximum Gasteiger partial charge on any atom is 0.336 e. The Bertz CT molecular complexity index is 1230. The molecule has 9 heteroatoms. The van der Waals surface area contributed by atoms with Gasteiger partial charge in [0.1, 0.15) is 10.5 Å². The van der Waals surface area contributed by atoms with E-state index >= 15 is 0 Å².